The van der Waals surface area contributed by atoms with Crippen LogP contribution in [-0.4, -0.2) is 23.0 Å². The van der Waals surface area contributed by atoms with Crippen LogP contribution in [-0.2, 0) is 11.2 Å². The van der Waals surface area contributed by atoms with Gasteiger partial charge in [0, 0.05) is 0 Å². The molecule has 0 aliphatic heterocycles. The van der Waals surface area contributed by atoms with Gasteiger partial charge in [0.25, 0.3) is 0 Å². The van der Waals surface area contributed by atoms with Crippen molar-refractivity contribution in [3.63, 3.8) is 0 Å². The molecular formula is C14H14N2O3. The molecule has 0 atom stereocenters. The molecule has 1 heterocycles. The highest BCUT2D eigenvalue weighted by Gasteiger charge is 2.09. The van der Waals surface area contributed by atoms with E-state index in [2.05, 4.69) is 21.6 Å². The number of benzene rings is 1. The number of methoxy groups -OCH3 is 1. The minimum Gasteiger partial charge on any atom is -0.464 e. The van der Waals surface area contributed by atoms with E-state index >= 15 is 0 Å². The normalized spacial score (nSPS) is 10.0. The van der Waals surface area contributed by atoms with Gasteiger partial charge < -0.3 is 9.47 Å². The maximum Gasteiger partial charge on any atom is 0.358 e. The molecule has 1 aromatic carbocycles. The number of esters is 1. The second-order valence-electron chi connectivity index (χ2n) is 3.84. The molecule has 5 heteroatoms. The fourth-order valence-corrected chi connectivity index (χ4v) is 1.55. The van der Waals surface area contributed by atoms with Crippen molar-refractivity contribution in [2.75, 3.05) is 7.11 Å². The number of aryl methyl sites for hydroxylation is 1. The van der Waals surface area contributed by atoms with Crippen molar-refractivity contribution < 1.29 is 14.3 Å². The fourth-order valence-electron chi connectivity index (χ4n) is 1.55. The van der Waals surface area contributed by atoms with Crippen LogP contribution in [0.2, 0.25) is 0 Å². The minimum atomic E-state index is -0.541. The zero-order valence-corrected chi connectivity index (χ0v) is 10.8. The molecule has 2 rings (SSSR count). The van der Waals surface area contributed by atoms with E-state index in [1.54, 1.807) is 0 Å². The van der Waals surface area contributed by atoms with Crippen molar-refractivity contribution in [1.82, 2.24) is 9.97 Å². The monoisotopic (exact) mass is 258 g/mol. The molecule has 2 aromatic rings. The maximum absolute atomic E-state index is 11.3. The number of nitrogens with zero attached hydrogens (tertiary/aromatic N) is 2. The molecule has 0 N–H and O–H groups in total. The predicted molar refractivity (Wildman–Crippen MR) is 69.3 cm³/mol. The number of aromatic nitrogens is 2. The zero-order valence-electron chi connectivity index (χ0n) is 10.8. The predicted octanol–water partition coefficient (Wildman–Crippen LogP) is 2.62. The standard InChI is InChI=1S/C14H14N2O3/c1-3-10-5-4-6-11(7-10)19-13-9-15-8-12(16-13)14(17)18-2/h4-9H,3H2,1-2H3. The van der Waals surface area contributed by atoms with Gasteiger partial charge >= 0.3 is 5.97 Å². The third kappa shape index (κ3) is 3.28. The van der Waals surface area contributed by atoms with E-state index < -0.39 is 5.97 Å². The van der Waals surface area contributed by atoms with Crippen LogP contribution in [0.4, 0.5) is 0 Å². The maximum atomic E-state index is 11.3. The van der Waals surface area contributed by atoms with Gasteiger partial charge in [-0.1, -0.05) is 19.1 Å². The first-order valence-corrected chi connectivity index (χ1v) is 5.90. The van der Waals surface area contributed by atoms with Gasteiger partial charge in [0.05, 0.1) is 19.5 Å². The average Bonchev–Trinajstić information content (AvgIpc) is 2.47. The molecule has 0 spiro atoms. The van der Waals surface area contributed by atoms with E-state index in [1.165, 1.54) is 19.5 Å². The topological polar surface area (TPSA) is 61.3 Å². The Morgan fingerprint density at radius 1 is 1.32 bits per heavy atom. The zero-order chi connectivity index (χ0) is 13.7. The second-order valence-corrected chi connectivity index (χ2v) is 3.84. The van der Waals surface area contributed by atoms with Crippen molar-refractivity contribution in [1.29, 1.82) is 0 Å². The Hall–Kier alpha value is -2.43. The van der Waals surface area contributed by atoms with Gasteiger partial charge in [0.2, 0.25) is 5.88 Å². The lowest BCUT2D eigenvalue weighted by molar-refractivity contribution is 0.0592. The molecule has 0 fully saturated rings. The molecule has 98 valence electrons. The summed E-state index contributed by atoms with van der Waals surface area (Å²) in [6.45, 7) is 2.07. The van der Waals surface area contributed by atoms with Gasteiger partial charge in [0.1, 0.15) is 5.75 Å². The van der Waals surface area contributed by atoms with Gasteiger partial charge in [-0.3, -0.25) is 4.98 Å². The van der Waals surface area contributed by atoms with Gasteiger partial charge in [-0.25, -0.2) is 9.78 Å². The Morgan fingerprint density at radius 3 is 2.89 bits per heavy atom. The van der Waals surface area contributed by atoms with Crippen molar-refractivity contribution in [2.45, 2.75) is 13.3 Å². The highest BCUT2D eigenvalue weighted by atomic mass is 16.5. The Bertz CT molecular complexity index is 584. The van der Waals surface area contributed by atoms with E-state index in [0.717, 1.165) is 12.0 Å². The number of hydrogen-bond acceptors (Lipinski definition) is 5. The van der Waals surface area contributed by atoms with Crippen molar-refractivity contribution in [3.8, 4) is 11.6 Å². The van der Waals surface area contributed by atoms with E-state index in [-0.39, 0.29) is 11.6 Å². The molecule has 0 amide bonds. The van der Waals surface area contributed by atoms with Crippen LogP contribution in [0, 0.1) is 0 Å². The van der Waals surface area contributed by atoms with E-state index in [9.17, 15) is 4.79 Å². The van der Waals surface area contributed by atoms with E-state index in [4.69, 9.17) is 4.74 Å². The summed E-state index contributed by atoms with van der Waals surface area (Å²) in [4.78, 5) is 19.3. The highest BCUT2D eigenvalue weighted by Crippen LogP contribution is 2.20. The summed E-state index contributed by atoms with van der Waals surface area (Å²) >= 11 is 0. The van der Waals surface area contributed by atoms with Gasteiger partial charge in [-0.15, -0.1) is 0 Å². The van der Waals surface area contributed by atoms with Crippen molar-refractivity contribution in [3.05, 3.63) is 47.9 Å². The lowest BCUT2D eigenvalue weighted by atomic mass is 10.2. The smallest absolute Gasteiger partial charge is 0.358 e. The second kappa shape index (κ2) is 5.95. The summed E-state index contributed by atoms with van der Waals surface area (Å²) in [5.74, 6) is 0.382. The lowest BCUT2D eigenvalue weighted by Crippen LogP contribution is -2.05. The SMILES string of the molecule is CCc1cccc(Oc2cncc(C(=O)OC)n2)c1. The fraction of sp³-hybridized carbons (Fsp3) is 0.214. The highest BCUT2D eigenvalue weighted by molar-refractivity contribution is 5.86. The molecule has 1 aromatic heterocycles. The van der Waals surface area contributed by atoms with Crippen LogP contribution >= 0.6 is 0 Å². The number of hydrogen-bond donors (Lipinski definition) is 0. The Kier molecular flexibility index (Phi) is 4.07. The van der Waals surface area contributed by atoms with Crippen LogP contribution in [0.5, 0.6) is 11.6 Å². The van der Waals surface area contributed by atoms with Gasteiger partial charge in [-0.2, -0.15) is 0 Å². The van der Waals surface area contributed by atoms with Crippen LogP contribution in [0.3, 0.4) is 0 Å². The molecule has 0 bridgehead atoms. The van der Waals surface area contributed by atoms with Gasteiger partial charge in [-0.05, 0) is 24.1 Å². The number of rotatable bonds is 4. The summed E-state index contributed by atoms with van der Waals surface area (Å²) in [6, 6.07) is 7.67. The summed E-state index contributed by atoms with van der Waals surface area (Å²) in [7, 11) is 1.29. The summed E-state index contributed by atoms with van der Waals surface area (Å²) in [6.07, 6.45) is 3.71. The number of ether oxygens (including phenoxy) is 2. The van der Waals surface area contributed by atoms with Crippen LogP contribution in [0.15, 0.2) is 36.7 Å². The first-order valence-electron chi connectivity index (χ1n) is 5.90. The molecule has 0 aliphatic carbocycles. The first-order chi connectivity index (χ1) is 9.22. The molecule has 0 unspecified atom stereocenters. The Labute approximate surface area is 111 Å². The van der Waals surface area contributed by atoms with Crippen molar-refractivity contribution in [2.24, 2.45) is 0 Å². The van der Waals surface area contributed by atoms with Gasteiger partial charge in [0.15, 0.2) is 5.69 Å². The molecule has 19 heavy (non-hydrogen) atoms. The quantitative estimate of drug-likeness (QED) is 0.789. The molecule has 0 aliphatic rings. The van der Waals surface area contributed by atoms with Crippen LogP contribution in [0.25, 0.3) is 0 Å². The Morgan fingerprint density at radius 2 is 2.16 bits per heavy atom. The molecule has 5 nitrogen and oxygen atoms in total. The molecular weight excluding hydrogens is 244 g/mol. The summed E-state index contributed by atoms with van der Waals surface area (Å²) in [5.41, 5.74) is 1.28. The first kappa shape index (κ1) is 13.0. The number of carbonyl (C=O) groups is 1. The third-order valence-corrected chi connectivity index (χ3v) is 2.54. The Balaban J connectivity index is 2.20. The van der Waals surface area contributed by atoms with E-state index in [1.807, 2.05) is 24.3 Å². The van der Waals surface area contributed by atoms with E-state index in [0.29, 0.717) is 5.75 Å². The van der Waals surface area contributed by atoms with Crippen molar-refractivity contribution >= 4 is 5.97 Å². The largest absolute Gasteiger partial charge is 0.464 e. The molecule has 0 radical (unpaired) electrons. The summed E-state index contributed by atoms with van der Waals surface area (Å²) < 4.78 is 10.2. The lowest BCUT2D eigenvalue weighted by Gasteiger charge is -2.06. The number of carbonyl (C=O) groups excluding carboxylic acids is 1. The van der Waals surface area contributed by atoms with Crippen LogP contribution < -0.4 is 4.74 Å². The third-order valence-electron chi connectivity index (χ3n) is 2.54. The summed E-state index contributed by atoms with van der Waals surface area (Å²) in [5, 5.41) is 0. The molecule has 0 saturated carbocycles. The van der Waals surface area contributed by atoms with Crippen LogP contribution in [0.1, 0.15) is 23.0 Å². The molecule has 0 saturated heterocycles. The minimum absolute atomic E-state index is 0.117. The average molecular weight is 258 g/mol.